The lowest BCUT2D eigenvalue weighted by Crippen LogP contribution is -2.16. The third-order valence-corrected chi connectivity index (χ3v) is 4.92. The van der Waals surface area contributed by atoms with E-state index in [0.29, 0.717) is 29.1 Å². The third kappa shape index (κ3) is 4.30. The van der Waals surface area contributed by atoms with Gasteiger partial charge < -0.3 is 15.8 Å². The van der Waals surface area contributed by atoms with Crippen molar-refractivity contribution in [1.82, 2.24) is 24.6 Å². The summed E-state index contributed by atoms with van der Waals surface area (Å²) in [5.41, 5.74) is 8.67. The van der Waals surface area contributed by atoms with Gasteiger partial charge in [0.05, 0.1) is 11.3 Å². The summed E-state index contributed by atoms with van der Waals surface area (Å²) >= 11 is 0. The van der Waals surface area contributed by atoms with Crippen molar-refractivity contribution in [1.29, 1.82) is 0 Å². The monoisotopic (exact) mass is 439 g/mol. The van der Waals surface area contributed by atoms with E-state index in [2.05, 4.69) is 31.3 Å². The average molecular weight is 440 g/mol. The maximum absolute atomic E-state index is 13.3. The zero-order chi connectivity index (χ0) is 22.7. The summed E-state index contributed by atoms with van der Waals surface area (Å²) in [6.45, 7) is 3.86. The number of hydrogen-bond acceptors (Lipinski definition) is 7. The summed E-state index contributed by atoms with van der Waals surface area (Å²) in [5, 5.41) is 7.60. The van der Waals surface area contributed by atoms with Gasteiger partial charge in [-0.2, -0.15) is 9.97 Å². The van der Waals surface area contributed by atoms with Crippen molar-refractivity contribution in [2.45, 2.75) is 32.4 Å². The summed E-state index contributed by atoms with van der Waals surface area (Å²) in [6, 6.07) is 9.70. The molecule has 3 heterocycles. The first kappa shape index (κ1) is 21.1. The molecule has 2 atom stereocenters. The molecule has 1 aromatic carbocycles. The van der Waals surface area contributed by atoms with E-state index in [1.54, 1.807) is 41.2 Å². The molecule has 0 amide bonds. The van der Waals surface area contributed by atoms with Crippen LogP contribution < -0.4 is 15.8 Å². The lowest BCUT2D eigenvalue weighted by molar-refractivity contribution is 0.234. The Morgan fingerprint density at radius 3 is 2.81 bits per heavy atom. The number of nitrogens with one attached hydrogen (secondary N) is 1. The Hall–Kier alpha value is -4.19. The molecule has 3 N–H and O–H groups in total. The predicted molar refractivity (Wildman–Crippen MR) is 129 cm³/mol. The van der Waals surface area contributed by atoms with Gasteiger partial charge >= 0.3 is 6.01 Å². The number of ether oxygens (including phenoxy) is 1. The van der Waals surface area contributed by atoms with Crippen LogP contribution in [0.4, 0.5) is 16.0 Å². The summed E-state index contributed by atoms with van der Waals surface area (Å²) in [5.74, 6) is 3.04. The number of hydrogen-bond donors (Lipinski definition) is 2. The molecule has 0 spiro atoms. The molecule has 0 fully saturated rings. The maximum Gasteiger partial charge on any atom is 0.320 e. The van der Waals surface area contributed by atoms with Gasteiger partial charge in [-0.05, 0) is 37.1 Å². The zero-order valence-corrected chi connectivity index (χ0v) is 17.7. The van der Waals surface area contributed by atoms with Crippen LogP contribution in [0, 0.1) is 18.2 Å². The molecular weight excluding hydrogens is 409 g/mol. The van der Waals surface area contributed by atoms with E-state index in [1.807, 2.05) is 13.8 Å². The zero-order valence-electron chi connectivity index (χ0n) is 17.7. The van der Waals surface area contributed by atoms with Crippen LogP contribution in [-0.2, 0) is 0 Å². The number of nitrogens with zero attached hydrogens (tertiary/aromatic N) is 5. The van der Waals surface area contributed by atoms with Crippen LogP contribution in [0.3, 0.4) is 0 Å². The molecule has 9 heteroatoms. The Kier molecular flexibility index (Phi) is 5.85. The van der Waals surface area contributed by atoms with Crippen molar-refractivity contribution >= 4 is 17.3 Å². The topological polar surface area (TPSA) is 103 Å². The van der Waals surface area contributed by atoms with Crippen molar-refractivity contribution in [3.05, 3.63) is 60.2 Å². The molecule has 0 aliphatic rings. The number of nitrogens with two attached hydrogens (primary N) is 1. The molecule has 8 nitrogen and oxygen atoms in total. The lowest BCUT2D eigenvalue weighted by atomic mass is 10.1. The minimum absolute atomic E-state index is 0. The quantitative estimate of drug-likeness (QED) is 0.397. The number of nitrogen functional groups attached to an aromatic ring is 1. The van der Waals surface area contributed by atoms with Gasteiger partial charge in [0, 0.05) is 30.2 Å². The van der Waals surface area contributed by atoms with E-state index in [1.165, 1.54) is 12.1 Å². The van der Waals surface area contributed by atoms with Crippen molar-refractivity contribution < 1.29 is 14.8 Å². The molecule has 170 valence electrons. The summed E-state index contributed by atoms with van der Waals surface area (Å²) < 4.78 is 20.7. The maximum atomic E-state index is 13.3. The number of anilines is 2. The van der Waals surface area contributed by atoms with E-state index in [0.717, 1.165) is 5.56 Å². The van der Waals surface area contributed by atoms with Crippen LogP contribution in [0.5, 0.6) is 6.01 Å². The summed E-state index contributed by atoms with van der Waals surface area (Å²) in [4.78, 5) is 13.4. The Labute approximate surface area is 190 Å². The van der Waals surface area contributed by atoms with Crippen LogP contribution in [-0.4, -0.2) is 30.7 Å². The van der Waals surface area contributed by atoms with Crippen molar-refractivity contribution in [2.75, 3.05) is 11.1 Å². The highest BCUT2D eigenvalue weighted by molar-refractivity contribution is 5.85. The van der Waals surface area contributed by atoms with Gasteiger partial charge in [0.25, 0.3) is 0 Å². The average Bonchev–Trinajstić information content (AvgIpc) is 3.13. The highest BCUT2D eigenvalue weighted by atomic mass is 19.1. The van der Waals surface area contributed by atoms with Crippen LogP contribution in [0.15, 0.2) is 48.8 Å². The third-order valence-electron chi connectivity index (χ3n) is 4.92. The Morgan fingerprint density at radius 2 is 2.09 bits per heavy atom. The van der Waals surface area contributed by atoms with E-state index in [9.17, 15) is 4.39 Å². The smallest absolute Gasteiger partial charge is 0.320 e. The van der Waals surface area contributed by atoms with Gasteiger partial charge in [-0.25, -0.2) is 13.9 Å². The Balaban J connectivity index is 0.00000306. The van der Waals surface area contributed by atoms with Crippen LogP contribution in [0.1, 0.15) is 37.6 Å². The highest BCUT2D eigenvalue weighted by Crippen LogP contribution is 2.31. The summed E-state index contributed by atoms with van der Waals surface area (Å²) in [6.07, 6.45) is 9.07. The number of fused-ring (bicyclic) bond motifs is 1. The second-order valence-corrected chi connectivity index (χ2v) is 7.17. The Bertz CT molecular complexity index is 1300. The number of aromatic nitrogens is 5. The van der Waals surface area contributed by atoms with E-state index < -0.39 is 6.10 Å². The molecule has 0 saturated carbocycles. The number of rotatable bonds is 7. The largest absolute Gasteiger partial charge is 0.447 e. The van der Waals surface area contributed by atoms with Gasteiger partial charge in [-0.15, -0.1) is 11.5 Å². The van der Waals surface area contributed by atoms with Crippen LogP contribution >= 0.6 is 0 Å². The van der Waals surface area contributed by atoms with Gasteiger partial charge in [0.1, 0.15) is 11.6 Å². The number of terminal acetylenes is 1. The first-order valence-corrected chi connectivity index (χ1v) is 10.1. The highest BCUT2D eigenvalue weighted by Gasteiger charge is 2.19. The number of benzene rings is 1. The normalized spacial score (nSPS) is 12.8. The molecule has 0 aliphatic carbocycles. The Morgan fingerprint density at radius 1 is 1.31 bits per heavy atom. The molecule has 0 bridgehead atoms. The molecule has 3 aromatic heterocycles. The second kappa shape index (κ2) is 8.89. The van der Waals surface area contributed by atoms with Crippen LogP contribution in [0.25, 0.3) is 16.9 Å². The van der Waals surface area contributed by atoms with E-state index in [4.69, 9.17) is 16.9 Å². The standard InChI is InChI=1S/C23H22FN7O.4H2/c1-4-17(5-2)32-23-28-18(20-21(25)30-31-12-6-11-26-22(20)31)13-19(29-23)27-14(3)15-7-9-16(24)10-8-15;;;;/h1,6-14,17H,5H2,2-3H3,(H2,25,30)(H,27,28,29);4*1H/t14-,17?;;;;/m0..../s1. The molecule has 4 aromatic rings. The summed E-state index contributed by atoms with van der Waals surface area (Å²) in [7, 11) is 0. The fourth-order valence-electron chi connectivity index (χ4n) is 3.25. The minimum Gasteiger partial charge on any atom is -0.447 e. The minimum atomic E-state index is -0.480. The van der Waals surface area contributed by atoms with E-state index in [-0.39, 0.29) is 29.4 Å². The first-order chi connectivity index (χ1) is 15.5. The van der Waals surface area contributed by atoms with Crippen LogP contribution in [0.2, 0.25) is 0 Å². The van der Waals surface area contributed by atoms with Crippen molar-refractivity contribution in [3.63, 3.8) is 0 Å². The molecule has 1 unspecified atom stereocenters. The first-order valence-electron chi connectivity index (χ1n) is 10.1. The van der Waals surface area contributed by atoms with E-state index >= 15 is 0 Å². The number of halogens is 1. The van der Waals surface area contributed by atoms with Gasteiger partial charge in [-0.3, -0.25) is 0 Å². The SMILES string of the molecule is C#CC(CC)Oc1nc(N[C@@H](C)c2ccc(F)cc2)cc(-c2c(N)nn3cccnc23)n1.[HH].[HH].[HH].[HH]. The molecule has 4 rings (SSSR count). The fourth-order valence-corrected chi connectivity index (χ4v) is 3.25. The molecule has 0 radical (unpaired) electrons. The molecule has 0 aliphatic heterocycles. The van der Waals surface area contributed by atoms with Crippen molar-refractivity contribution in [2.24, 2.45) is 0 Å². The molecular formula is C23H30FN7O. The van der Waals surface area contributed by atoms with Gasteiger partial charge in [0.15, 0.2) is 17.6 Å². The van der Waals surface area contributed by atoms with Crippen molar-refractivity contribution in [3.8, 4) is 29.6 Å². The van der Waals surface area contributed by atoms with Gasteiger partial charge in [0.2, 0.25) is 0 Å². The fraction of sp³-hybridized carbons (Fsp3) is 0.217. The molecule has 0 saturated heterocycles. The molecule has 32 heavy (non-hydrogen) atoms. The van der Waals surface area contributed by atoms with Gasteiger partial charge in [-0.1, -0.05) is 25.0 Å². The predicted octanol–water partition coefficient (Wildman–Crippen LogP) is 4.86. The lowest BCUT2D eigenvalue weighted by Gasteiger charge is -2.17. The second-order valence-electron chi connectivity index (χ2n) is 7.17.